The minimum Gasteiger partial charge on any atom is -0.507 e. The van der Waals surface area contributed by atoms with Gasteiger partial charge in [0.2, 0.25) is 5.96 Å². The molecule has 2 heterocycles. The zero-order chi connectivity index (χ0) is 22.6. The smallest absolute Gasteiger partial charge is 0.205 e. The Morgan fingerprint density at radius 1 is 0.968 bits per heavy atom. The van der Waals surface area contributed by atoms with E-state index in [0.29, 0.717) is 12.3 Å². The average Bonchev–Trinajstić information content (AvgIpc) is 3.00. The number of β-amino-alcohol motifs (C(OH)–C–C–N with tert-alkyl or cyclic N) is 1. The number of hydrogen-bond donors (Lipinski definition) is 2. The van der Waals surface area contributed by atoms with Gasteiger partial charge >= 0.3 is 0 Å². The first-order valence-corrected chi connectivity index (χ1v) is 11.2. The monoisotopic (exact) mass is 421 g/mol. The van der Waals surface area contributed by atoms with Gasteiger partial charge in [-0.3, -0.25) is 4.99 Å². The number of phenolic OH excluding ortho intramolecular Hbond substituents is 1. The van der Waals surface area contributed by atoms with Gasteiger partial charge < -0.3 is 20.0 Å². The van der Waals surface area contributed by atoms with E-state index in [-0.39, 0.29) is 10.8 Å². The third-order valence-electron chi connectivity index (χ3n) is 6.23. The first kappa shape index (κ1) is 21.7. The van der Waals surface area contributed by atoms with Crippen LogP contribution in [-0.2, 0) is 10.8 Å². The van der Waals surface area contributed by atoms with Gasteiger partial charge in [-0.25, -0.2) is 0 Å². The Morgan fingerprint density at radius 3 is 2.13 bits per heavy atom. The van der Waals surface area contributed by atoms with E-state index >= 15 is 0 Å². The second-order valence-electron chi connectivity index (χ2n) is 10.8. The molecule has 2 aliphatic rings. The minimum absolute atomic E-state index is 0.232. The normalized spacial score (nSPS) is 17.3. The fraction of sp³-hybridized carbons (Fsp3) is 0.500. The van der Waals surface area contributed by atoms with Crippen molar-refractivity contribution in [3.05, 3.63) is 53.1 Å². The fourth-order valence-corrected chi connectivity index (χ4v) is 4.53. The van der Waals surface area contributed by atoms with Crippen LogP contribution < -0.4 is 9.80 Å². The van der Waals surface area contributed by atoms with Crippen molar-refractivity contribution in [3.8, 4) is 5.75 Å². The Hall–Kier alpha value is -2.53. The van der Waals surface area contributed by atoms with Crippen LogP contribution in [0.3, 0.4) is 0 Å². The van der Waals surface area contributed by atoms with Crippen molar-refractivity contribution >= 4 is 17.3 Å². The van der Waals surface area contributed by atoms with Gasteiger partial charge in [0.25, 0.3) is 0 Å². The number of nitrogens with zero attached hydrogens (tertiary/aromatic N) is 3. The third-order valence-corrected chi connectivity index (χ3v) is 6.23. The molecule has 0 spiro atoms. The van der Waals surface area contributed by atoms with E-state index in [2.05, 4.69) is 69.5 Å². The summed E-state index contributed by atoms with van der Waals surface area (Å²) in [4.78, 5) is 9.17. The Labute approximate surface area is 186 Å². The van der Waals surface area contributed by atoms with Gasteiger partial charge in [0.05, 0.1) is 24.0 Å². The van der Waals surface area contributed by atoms with Crippen LogP contribution in [0.15, 0.2) is 41.4 Å². The number of hydrogen-bond acceptors (Lipinski definition) is 5. The zero-order valence-corrected chi connectivity index (χ0v) is 19.6. The molecular weight excluding hydrogens is 386 g/mol. The summed E-state index contributed by atoms with van der Waals surface area (Å²) in [5, 5.41) is 22.4. The molecular formula is C26H35N3O2. The van der Waals surface area contributed by atoms with Crippen LogP contribution in [0.2, 0.25) is 0 Å². The highest BCUT2D eigenvalue weighted by molar-refractivity contribution is 6.16. The molecule has 0 amide bonds. The number of aromatic hydroxyl groups is 1. The number of fused-ring (bicyclic) bond motifs is 3. The highest BCUT2D eigenvalue weighted by Crippen LogP contribution is 2.42. The summed E-state index contributed by atoms with van der Waals surface area (Å²) >= 11 is 0. The van der Waals surface area contributed by atoms with E-state index in [9.17, 15) is 10.2 Å². The van der Waals surface area contributed by atoms with Crippen molar-refractivity contribution in [2.45, 2.75) is 64.9 Å². The van der Waals surface area contributed by atoms with Crippen molar-refractivity contribution < 1.29 is 10.2 Å². The number of benzene rings is 2. The van der Waals surface area contributed by atoms with Crippen molar-refractivity contribution in [1.29, 1.82) is 0 Å². The standard InChI is InChI=1S/C26H35N3O2/c1-25(2,3)18-14-17(15-19(23(18)31)26(4,5)6)22(30)16-29-21-11-8-7-10-20(21)28-13-9-12-27-24(28)29/h7-8,10-11,14-15,22,30-31H,9,12-13,16H2,1-6H3. The molecule has 2 aromatic rings. The van der Waals surface area contributed by atoms with Crippen molar-refractivity contribution in [1.82, 2.24) is 0 Å². The predicted octanol–water partition coefficient (Wildman–Crippen LogP) is 5.11. The number of anilines is 2. The molecule has 0 aliphatic carbocycles. The van der Waals surface area contributed by atoms with Crippen molar-refractivity contribution in [2.24, 2.45) is 4.99 Å². The lowest BCUT2D eigenvalue weighted by atomic mass is 9.78. The summed E-state index contributed by atoms with van der Waals surface area (Å²) in [6.45, 7) is 14.7. The van der Waals surface area contributed by atoms with Gasteiger partial charge in [-0.1, -0.05) is 53.7 Å². The molecule has 1 atom stereocenters. The summed E-state index contributed by atoms with van der Waals surface area (Å²) in [5.74, 6) is 1.27. The number of aliphatic hydroxyl groups is 1. The van der Waals surface area contributed by atoms with Gasteiger partial charge in [-0.15, -0.1) is 0 Å². The largest absolute Gasteiger partial charge is 0.507 e. The van der Waals surface area contributed by atoms with Gasteiger partial charge in [-0.05, 0) is 58.2 Å². The van der Waals surface area contributed by atoms with E-state index in [1.807, 2.05) is 18.2 Å². The molecule has 2 N–H and O–H groups in total. The summed E-state index contributed by atoms with van der Waals surface area (Å²) < 4.78 is 0. The maximum Gasteiger partial charge on any atom is 0.205 e. The van der Waals surface area contributed by atoms with Crippen LogP contribution >= 0.6 is 0 Å². The Kier molecular flexibility index (Phi) is 5.29. The summed E-state index contributed by atoms with van der Waals surface area (Å²) in [5.41, 5.74) is 4.35. The Morgan fingerprint density at radius 2 is 1.55 bits per heavy atom. The molecule has 166 valence electrons. The highest BCUT2D eigenvalue weighted by Gasteiger charge is 2.35. The van der Waals surface area contributed by atoms with Crippen LogP contribution in [0.4, 0.5) is 11.4 Å². The predicted molar refractivity (Wildman–Crippen MR) is 129 cm³/mol. The maximum atomic E-state index is 11.4. The maximum absolute atomic E-state index is 11.4. The van der Waals surface area contributed by atoms with E-state index in [1.165, 1.54) is 0 Å². The lowest BCUT2D eigenvalue weighted by Gasteiger charge is -2.31. The zero-order valence-electron chi connectivity index (χ0n) is 19.6. The summed E-state index contributed by atoms with van der Waals surface area (Å²) in [7, 11) is 0. The van der Waals surface area contributed by atoms with Crippen LogP contribution in [0.5, 0.6) is 5.75 Å². The number of rotatable bonds is 3. The Balaban J connectivity index is 1.74. The van der Waals surface area contributed by atoms with Crippen molar-refractivity contribution in [2.75, 3.05) is 29.4 Å². The quantitative estimate of drug-likeness (QED) is 0.723. The molecule has 31 heavy (non-hydrogen) atoms. The molecule has 4 rings (SSSR count). The SMILES string of the molecule is CC(C)(C)c1cc(C(O)CN2C3=NCCCN3c3ccccc32)cc(C(C)(C)C)c1O. The summed E-state index contributed by atoms with van der Waals surface area (Å²) in [6, 6.07) is 12.2. The average molecular weight is 422 g/mol. The lowest BCUT2D eigenvalue weighted by Crippen LogP contribution is -2.43. The Bertz CT molecular complexity index is 979. The van der Waals surface area contributed by atoms with Crippen LogP contribution in [0, 0.1) is 0 Å². The molecule has 2 aromatic carbocycles. The van der Waals surface area contributed by atoms with Crippen LogP contribution in [0.1, 0.15) is 70.8 Å². The highest BCUT2D eigenvalue weighted by atomic mass is 16.3. The fourth-order valence-electron chi connectivity index (χ4n) is 4.53. The molecule has 2 aliphatic heterocycles. The van der Waals surface area contributed by atoms with E-state index in [1.54, 1.807) is 0 Å². The lowest BCUT2D eigenvalue weighted by molar-refractivity contribution is 0.186. The number of aliphatic imine (C=N–C) groups is 1. The molecule has 0 bridgehead atoms. The first-order valence-electron chi connectivity index (χ1n) is 11.2. The van der Waals surface area contributed by atoms with Crippen LogP contribution in [-0.4, -0.2) is 35.8 Å². The second kappa shape index (κ2) is 7.56. The summed E-state index contributed by atoms with van der Waals surface area (Å²) in [6.07, 6.45) is 0.330. The van der Waals surface area contributed by atoms with E-state index in [4.69, 9.17) is 4.99 Å². The second-order valence-corrected chi connectivity index (χ2v) is 10.8. The molecule has 0 saturated heterocycles. The topological polar surface area (TPSA) is 59.3 Å². The molecule has 1 unspecified atom stereocenters. The van der Waals surface area contributed by atoms with E-state index in [0.717, 1.165) is 53.5 Å². The number of para-hydroxylation sites is 2. The van der Waals surface area contributed by atoms with Gasteiger partial charge in [0, 0.05) is 13.1 Å². The molecule has 0 fully saturated rings. The first-order chi connectivity index (χ1) is 14.5. The van der Waals surface area contributed by atoms with Gasteiger partial charge in [0.1, 0.15) is 5.75 Å². The number of aliphatic hydroxyl groups excluding tert-OH is 1. The number of guanidine groups is 1. The molecule has 5 heteroatoms. The molecule has 0 aromatic heterocycles. The van der Waals surface area contributed by atoms with Crippen LogP contribution in [0.25, 0.3) is 0 Å². The molecule has 0 radical (unpaired) electrons. The van der Waals surface area contributed by atoms with E-state index < -0.39 is 6.10 Å². The van der Waals surface area contributed by atoms with Gasteiger partial charge in [0.15, 0.2) is 0 Å². The third kappa shape index (κ3) is 3.91. The number of phenols is 1. The molecule has 0 saturated carbocycles. The van der Waals surface area contributed by atoms with Crippen molar-refractivity contribution in [3.63, 3.8) is 0 Å². The van der Waals surface area contributed by atoms with Gasteiger partial charge in [-0.2, -0.15) is 0 Å². The minimum atomic E-state index is -0.708. The molecule has 5 nitrogen and oxygen atoms in total.